The lowest BCUT2D eigenvalue weighted by Gasteiger charge is -2.07. The summed E-state index contributed by atoms with van der Waals surface area (Å²) in [7, 11) is 0. The van der Waals surface area contributed by atoms with Gasteiger partial charge in [0.05, 0.1) is 0 Å². The molecule has 1 amide bonds. The number of aryl methyl sites for hydroxylation is 1. The van der Waals surface area contributed by atoms with Gasteiger partial charge in [0.1, 0.15) is 0 Å². The summed E-state index contributed by atoms with van der Waals surface area (Å²) >= 11 is 0. The van der Waals surface area contributed by atoms with E-state index in [0.29, 0.717) is 6.42 Å². The third-order valence-corrected chi connectivity index (χ3v) is 3.59. The molecule has 3 heteroatoms. The highest BCUT2D eigenvalue weighted by molar-refractivity contribution is 5.79. The molecule has 20 heavy (non-hydrogen) atoms. The molecule has 0 saturated heterocycles. The molecule has 3 nitrogen and oxygen atoms in total. The number of carbonyl (C=O) groups is 1. The fourth-order valence-corrected chi connectivity index (χ4v) is 2.44. The quantitative estimate of drug-likeness (QED) is 0.730. The van der Waals surface area contributed by atoms with Crippen LogP contribution in [0.25, 0.3) is 10.9 Å². The average molecular weight is 272 g/mol. The lowest BCUT2D eigenvalue weighted by molar-refractivity contribution is -0.121. The summed E-state index contributed by atoms with van der Waals surface area (Å²) in [5.41, 5.74) is 1.27. The number of hydrogen-bond donors (Lipinski definition) is 1. The van der Waals surface area contributed by atoms with Gasteiger partial charge < -0.3 is 9.88 Å². The number of para-hydroxylation sites is 1. The molecular weight excluding hydrogens is 248 g/mol. The van der Waals surface area contributed by atoms with Crippen molar-refractivity contribution in [1.82, 2.24) is 9.88 Å². The van der Waals surface area contributed by atoms with Gasteiger partial charge in [0.2, 0.25) is 5.91 Å². The van der Waals surface area contributed by atoms with Crippen molar-refractivity contribution in [3.63, 3.8) is 0 Å². The molecular formula is C17H24N2O. The summed E-state index contributed by atoms with van der Waals surface area (Å²) in [6.45, 7) is 3.86. The third kappa shape index (κ3) is 4.12. The van der Waals surface area contributed by atoms with Crippen molar-refractivity contribution >= 4 is 16.8 Å². The van der Waals surface area contributed by atoms with Gasteiger partial charge in [-0.3, -0.25) is 4.79 Å². The molecule has 1 aromatic heterocycles. The molecule has 1 aromatic carbocycles. The summed E-state index contributed by atoms with van der Waals surface area (Å²) in [4.78, 5) is 11.6. The predicted octanol–water partition coefficient (Wildman–Crippen LogP) is 3.73. The molecule has 0 fully saturated rings. The van der Waals surface area contributed by atoms with Crippen molar-refractivity contribution in [2.75, 3.05) is 6.54 Å². The number of hydrogen-bond acceptors (Lipinski definition) is 1. The van der Waals surface area contributed by atoms with Gasteiger partial charge in [0.15, 0.2) is 0 Å². The lowest BCUT2D eigenvalue weighted by atomic mass is 10.2. The Kier molecular flexibility index (Phi) is 5.66. The zero-order valence-corrected chi connectivity index (χ0v) is 12.3. The number of carbonyl (C=O) groups excluding carboxylic acids is 1. The minimum atomic E-state index is 0.191. The standard InChI is InChI=1S/C17H24N2O/c1-2-3-4-10-17(20)18-12-7-13-19-14-11-15-8-5-6-9-16(15)19/h5-6,8-9,11,14H,2-4,7,10,12-13H2,1H3,(H,18,20). The van der Waals surface area contributed by atoms with Crippen molar-refractivity contribution in [2.45, 2.75) is 45.6 Å². The van der Waals surface area contributed by atoms with E-state index >= 15 is 0 Å². The van der Waals surface area contributed by atoms with Crippen molar-refractivity contribution in [3.8, 4) is 0 Å². The molecule has 0 bridgehead atoms. The minimum absolute atomic E-state index is 0.191. The molecule has 0 atom stereocenters. The Morgan fingerprint density at radius 2 is 2.00 bits per heavy atom. The topological polar surface area (TPSA) is 34.0 Å². The monoisotopic (exact) mass is 272 g/mol. The van der Waals surface area contributed by atoms with Gasteiger partial charge in [-0.1, -0.05) is 38.0 Å². The van der Waals surface area contributed by atoms with E-state index in [9.17, 15) is 4.79 Å². The number of nitrogens with zero attached hydrogens (tertiary/aromatic N) is 1. The van der Waals surface area contributed by atoms with E-state index in [1.807, 2.05) is 0 Å². The van der Waals surface area contributed by atoms with Gasteiger partial charge in [-0.25, -0.2) is 0 Å². The van der Waals surface area contributed by atoms with Crippen LogP contribution in [0.3, 0.4) is 0 Å². The SMILES string of the molecule is CCCCCC(=O)NCCCn1ccc2ccccc21. The van der Waals surface area contributed by atoms with Crippen LogP contribution >= 0.6 is 0 Å². The molecule has 0 radical (unpaired) electrons. The predicted molar refractivity (Wildman–Crippen MR) is 83.7 cm³/mol. The Balaban J connectivity index is 1.70. The summed E-state index contributed by atoms with van der Waals surface area (Å²) in [6, 6.07) is 10.5. The average Bonchev–Trinajstić information content (AvgIpc) is 2.87. The Labute approximate surface area is 121 Å². The second kappa shape index (κ2) is 7.73. The Morgan fingerprint density at radius 1 is 1.15 bits per heavy atom. The van der Waals surface area contributed by atoms with Crippen LogP contribution in [0.1, 0.15) is 39.0 Å². The molecule has 0 unspecified atom stereocenters. The second-order valence-electron chi connectivity index (χ2n) is 5.23. The van der Waals surface area contributed by atoms with E-state index in [0.717, 1.165) is 38.8 Å². The number of rotatable bonds is 8. The molecule has 2 rings (SSSR count). The fourth-order valence-electron chi connectivity index (χ4n) is 2.44. The fraction of sp³-hybridized carbons (Fsp3) is 0.471. The van der Waals surface area contributed by atoms with Crippen LogP contribution < -0.4 is 5.32 Å². The molecule has 0 aliphatic rings. The summed E-state index contributed by atoms with van der Waals surface area (Å²) in [6.07, 6.45) is 7.06. The first kappa shape index (κ1) is 14.6. The first-order chi connectivity index (χ1) is 9.81. The number of aromatic nitrogens is 1. The van der Waals surface area contributed by atoms with Crippen LogP contribution in [0.5, 0.6) is 0 Å². The van der Waals surface area contributed by atoms with Gasteiger partial charge in [-0.15, -0.1) is 0 Å². The van der Waals surface area contributed by atoms with Gasteiger partial charge >= 0.3 is 0 Å². The summed E-state index contributed by atoms with van der Waals surface area (Å²) in [5.74, 6) is 0.191. The molecule has 108 valence electrons. The van der Waals surface area contributed by atoms with Crippen LogP contribution in [0, 0.1) is 0 Å². The first-order valence-electron chi connectivity index (χ1n) is 7.62. The molecule has 0 spiro atoms. The maximum Gasteiger partial charge on any atom is 0.219 e. The van der Waals surface area contributed by atoms with Gasteiger partial charge in [0.25, 0.3) is 0 Å². The summed E-state index contributed by atoms with van der Waals surface area (Å²) < 4.78 is 2.25. The number of benzene rings is 1. The van der Waals surface area contributed by atoms with E-state index in [-0.39, 0.29) is 5.91 Å². The molecule has 0 aliphatic heterocycles. The molecule has 0 aliphatic carbocycles. The van der Waals surface area contributed by atoms with Crippen LogP contribution in [0.2, 0.25) is 0 Å². The van der Waals surface area contributed by atoms with Crippen LogP contribution in [-0.4, -0.2) is 17.0 Å². The first-order valence-corrected chi connectivity index (χ1v) is 7.62. The molecule has 0 saturated carbocycles. The highest BCUT2D eigenvalue weighted by Crippen LogP contribution is 2.15. The maximum atomic E-state index is 11.6. The lowest BCUT2D eigenvalue weighted by Crippen LogP contribution is -2.24. The maximum absolute atomic E-state index is 11.6. The molecule has 1 N–H and O–H groups in total. The van der Waals surface area contributed by atoms with Crippen LogP contribution in [-0.2, 0) is 11.3 Å². The van der Waals surface area contributed by atoms with E-state index in [4.69, 9.17) is 0 Å². The smallest absolute Gasteiger partial charge is 0.219 e. The normalized spacial score (nSPS) is 10.8. The molecule has 2 aromatic rings. The largest absolute Gasteiger partial charge is 0.356 e. The van der Waals surface area contributed by atoms with Crippen molar-refractivity contribution < 1.29 is 4.79 Å². The number of unbranched alkanes of at least 4 members (excludes halogenated alkanes) is 2. The highest BCUT2D eigenvalue weighted by Gasteiger charge is 2.01. The van der Waals surface area contributed by atoms with Crippen molar-refractivity contribution in [1.29, 1.82) is 0 Å². The van der Waals surface area contributed by atoms with E-state index in [1.165, 1.54) is 10.9 Å². The minimum Gasteiger partial charge on any atom is -0.356 e. The zero-order valence-electron chi connectivity index (χ0n) is 12.3. The second-order valence-corrected chi connectivity index (χ2v) is 5.23. The molecule has 1 heterocycles. The van der Waals surface area contributed by atoms with E-state index < -0.39 is 0 Å². The Hall–Kier alpha value is -1.77. The van der Waals surface area contributed by atoms with E-state index in [1.54, 1.807) is 0 Å². The highest BCUT2D eigenvalue weighted by atomic mass is 16.1. The third-order valence-electron chi connectivity index (χ3n) is 3.59. The van der Waals surface area contributed by atoms with Crippen molar-refractivity contribution in [3.05, 3.63) is 36.5 Å². The number of nitrogens with one attached hydrogen (secondary N) is 1. The van der Waals surface area contributed by atoms with Gasteiger partial charge in [0, 0.05) is 31.2 Å². The van der Waals surface area contributed by atoms with Gasteiger partial charge in [-0.2, -0.15) is 0 Å². The van der Waals surface area contributed by atoms with Crippen LogP contribution in [0.15, 0.2) is 36.5 Å². The van der Waals surface area contributed by atoms with Gasteiger partial charge in [-0.05, 0) is 30.4 Å². The number of amides is 1. The summed E-state index contributed by atoms with van der Waals surface area (Å²) in [5, 5.41) is 4.27. The van der Waals surface area contributed by atoms with Crippen molar-refractivity contribution in [2.24, 2.45) is 0 Å². The van der Waals surface area contributed by atoms with Crippen LogP contribution in [0.4, 0.5) is 0 Å². The Morgan fingerprint density at radius 3 is 2.85 bits per heavy atom. The Bertz CT molecular complexity index is 545. The number of fused-ring (bicyclic) bond motifs is 1. The van der Waals surface area contributed by atoms with E-state index in [2.05, 4.69) is 53.3 Å². The zero-order chi connectivity index (χ0) is 14.2.